The lowest BCUT2D eigenvalue weighted by Crippen LogP contribution is -2.61. The Morgan fingerprint density at radius 2 is 0.945 bits per heavy atom. The lowest BCUT2D eigenvalue weighted by atomic mass is 9.99. The molecule has 1 fully saturated rings. The second kappa shape index (κ2) is 50.7. The van der Waals surface area contributed by atoms with E-state index in [4.69, 9.17) is 14.2 Å². The molecule has 428 valence electrons. The van der Waals surface area contributed by atoms with Crippen molar-refractivity contribution in [1.29, 1.82) is 0 Å². The van der Waals surface area contributed by atoms with E-state index in [2.05, 4.69) is 50.4 Å². The van der Waals surface area contributed by atoms with E-state index >= 15 is 0 Å². The minimum atomic E-state index is -1.61. The number of rotatable bonds is 52. The van der Waals surface area contributed by atoms with Gasteiger partial charge < -0.3 is 45.1 Å². The molecule has 0 bridgehead atoms. The fourth-order valence-corrected chi connectivity index (χ4v) is 9.62. The number of hydrogen-bond donors (Lipinski definition) is 6. The Labute approximate surface area is 447 Å². The summed E-state index contributed by atoms with van der Waals surface area (Å²) in [5, 5.41) is 56.8. The van der Waals surface area contributed by atoms with Gasteiger partial charge in [0.25, 0.3) is 0 Å². The van der Waals surface area contributed by atoms with Gasteiger partial charge in [-0.05, 0) is 57.8 Å². The van der Waals surface area contributed by atoms with Gasteiger partial charge in [-0.3, -0.25) is 9.59 Å². The summed E-state index contributed by atoms with van der Waals surface area (Å²) in [6.07, 6.45) is 49.1. The molecule has 0 aromatic rings. The van der Waals surface area contributed by atoms with Gasteiger partial charge in [0.05, 0.1) is 25.4 Å². The van der Waals surface area contributed by atoms with Gasteiger partial charge in [0, 0.05) is 6.42 Å². The first-order chi connectivity index (χ1) is 35.7. The average molecular weight is 1030 g/mol. The van der Waals surface area contributed by atoms with E-state index in [-0.39, 0.29) is 13.0 Å². The normalized spacial score (nSPS) is 19.6. The minimum Gasteiger partial charge on any atom is -0.454 e. The number of allylic oxidation sites excluding steroid dienone is 5. The number of carbonyl (C=O) groups excluding carboxylic acids is 2. The second-order valence-electron chi connectivity index (χ2n) is 21.4. The lowest BCUT2D eigenvalue weighted by molar-refractivity contribution is -0.305. The first-order valence-corrected chi connectivity index (χ1v) is 30.8. The molecule has 6 N–H and O–H groups in total. The summed E-state index contributed by atoms with van der Waals surface area (Å²) in [6.45, 7) is 5.75. The third kappa shape index (κ3) is 39.0. The molecule has 8 unspecified atom stereocenters. The smallest absolute Gasteiger partial charge is 0.306 e. The highest BCUT2D eigenvalue weighted by atomic mass is 16.7. The third-order valence-corrected chi connectivity index (χ3v) is 14.5. The molecular weight excluding hydrogens is 919 g/mol. The van der Waals surface area contributed by atoms with Crippen LogP contribution in [0.2, 0.25) is 0 Å². The maximum absolute atomic E-state index is 13.3. The van der Waals surface area contributed by atoms with Crippen LogP contribution in [0.1, 0.15) is 284 Å². The van der Waals surface area contributed by atoms with Crippen LogP contribution in [0.4, 0.5) is 0 Å². The molecule has 11 nitrogen and oxygen atoms in total. The van der Waals surface area contributed by atoms with Gasteiger partial charge in [0.2, 0.25) is 5.91 Å². The minimum absolute atomic E-state index is 0.125. The van der Waals surface area contributed by atoms with Gasteiger partial charge in [0.1, 0.15) is 24.4 Å². The van der Waals surface area contributed by atoms with Crippen molar-refractivity contribution in [2.75, 3.05) is 13.2 Å². The Morgan fingerprint density at radius 1 is 0.534 bits per heavy atom. The molecule has 8 atom stereocenters. The van der Waals surface area contributed by atoms with Gasteiger partial charge in [-0.2, -0.15) is 0 Å². The van der Waals surface area contributed by atoms with Crippen LogP contribution < -0.4 is 5.32 Å². The molecule has 11 heteroatoms. The van der Waals surface area contributed by atoms with E-state index in [1.54, 1.807) is 6.08 Å². The molecule has 0 aromatic carbocycles. The van der Waals surface area contributed by atoms with Gasteiger partial charge in [-0.25, -0.2) is 0 Å². The second-order valence-corrected chi connectivity index (χ2v) is 21.4. The largest absolute Gasteiger partial charge is 0.454 e. The van der Waals surface area contributed by atoms with Crippen LogP contribution in [0.25, 0.3) is 0 Å². The number of amides is 1. The zero-order valence-electron chi connectivity index (χ0n) is 47.3. The number of aliphatic hydroxyl groups excluding tert-OH is 5. The molecule has 0 aliphatic carbocycles. The van der Waals surface area contributed by atoms with E-state index in [1.807, 2.05) is 6.08 Å². The van der Waals surface area contributed by atoms with E-state index < -0.39 is 67.4 Å². The van der Waals surface area contributed by atoms with Crippen molar-refractivity contribution < 1.29 is 49.3 Å². The van der Waals surface area contributed by atoms with Crippen molar-refractivity contribution in [3.05, 3.63) is 36.5 Å². The van der Waals surface area contributed by atoms with Crippen molar-refractivity contribution in [2.24, 2.45) is 0 Å². The Bertz CT molecular complexity index is 1330. The summed E-state index contributed by atoms with van der Waals surface area (Å²) in [6, 6.07) is -1.02. The van der Waals surface area contributed by atoms with E-state index in [0.717, 1.165) is 64.2 Å². The number of nitrogens with one attached hydrogen (secondary N) is 1. The summed E-state index contributed by atoms with van der Waals surface area (Å²) in [5.74, 6) is -1.19. The molecule has 1 aliphatic heterocycles. The highest BCUT2D eigenvalue weighted by Gasteiger charge is 2.47. The first kappa shape index (κ1) is 68.9. The highest BCUT2D eigenvalue weighted by Crippen LogP contribution is 2.26. The summed E-state index contributed by atoms with van der Waals surface area (Å²) in [7, 11) is 0. The molecule has 1 saturated heterocycles. The molecule has 1 aliphatic rings. The molecule has 1 heterocycles. The van der Waals surface area contributed by atoms with Crippen molar-refractivity contribution in [3.8, 4) is 0 Å². The van der Waals surface area contributed by atoms with Crippen molar-refractivity contribution in [2.45, 2.75) is 333 Å². The number of carbonyl (C=O) groups is 2. The summed E-state index contributed by atoms with van der Waals surface area (Å²) in [4.78, 5) is 26.4. The topological polar surface area (TPSA) is 175 Å². The van der Waals surface area contributed by atoms with Gasteiger partial charge in [0.15, 0.2) is 12.4 Å². The third-order valence-electron chi connectivity index (χ3n) is 14.5. The standard InChI is InChI=1S/C62H115NO10/c1-4-7-10-13-16-19-22-23-24-25-26-27-28-29-30-31-32-33-35-38-41-44-47-50-57(67)73-60-59(69)58(68)56(51-64)72-62(60)71-52-53(54(65)48-45-42-39-37-34-20-17-14-11-8-5-2)63-61(70)55(66)49-46-43-40-36-21-18-15-12-9-6-3/h16,19,23-24,45,48,53-56,58-60,62,64-66,68-69H,4-15,17-18,20-22,25-44,46-47,49-52H2,1-3H3,(H,63,70)/b19-16-,24-23-,48-45+. The number of aliphatic hydroxyl groups is 5. The quantitative estimate of drug-likeness (QED) is 0.0195. The molecule has 0 spiro atoms. The molecule has 0 radical (unpaired) electrons. The van der Waals surface area contributed by atoms with E-state index in [1.165, 1.54) is 173 Å². The summed E-state index contributed by atoms with van der Waals surface area (Å²) >= 11 is 0. The monoisotopic (exact) mass is 1030 g/mol. The molecule has 1 amide bonds. The molecule has 0 saturated carbocycles. The zero-order valence-corrected chi connectivity index (χ0v) is 47.3. The van der Waals surface area contributed by atoms with Crippen LogP contribution in [0.15, 0.2) is 36.5 Å². The number of ether oxygens (including phenoxy) is 3. The Balaban J connectivity index is 2.58. The van der Waals surface area contributed by atoms with Crippen LogP contribution in [-0.4, -0.2) is 99.6 Å². The van der Waals surface area contributed by atoms with E-state index in [0.29, 0.717) is 19.3 Å². The molecule has 73 heavy (non-hydrogen) atoms. The van der Waals surface area contributed by atoms with Crippen molar-refractivity contribution >= 4 is 11.9 Å². The number of unbranched alkanes of at least 4 members (excludes halogenated alkanes) is 34. The van der Waals surface area contributed by atoms with Crippen LogP contribution in [0.3, 0.4) is 0 Å². The maximum atomic E-state index is 13.3. The number of hydrogen-bond acceptors (Lipinski definition) is 10. The Morgan fingerprint density at radius 3 is 1.42 bits per heavy atom. The lowest BCUT2D eigenvalue weighted by Gasteiger charge is -2.41. The van der Waals surface area contributed by atoms with Crippen LogP contribution in [0.5, 0.6) is 0 Å². The summed E-state index contributed by atoms with van der Waals surface area (Å²) in [5.41, 5.74) is 0. The molecule has 1 rings (SSSR count). The first-order valence-electron chi connectivity index (χ1n) is 30.8. The van der Waals surface area contributed by atoms with Crippen molar-refractivity contribution in [3.63, 3.8) is 0 Å². The van der Waals surface area contributed by atoms with Gasteiger partial charge >= 0.3 is 5.97 Å². The van der Waals surface area contributed by atoms with Gasteiger partial charge in [-0.1, -0.05) is 256 Å². The predicted molar refractivity (Wildman–Crippen MR) is 301 cm³/mol. The van der Waals surface area contributed by atoms with Crippen molar-refractivity contribution in [1.82, 2.24) is 5.32 Å². The molecule has 0 aromatic heterocycles. The Kier molecular flexibility index (Phi) is 47.8. The summed E-state index contributed by atoms with van der Waals surface area (Å²) < 4.78 is 17.6. The molecular formula is C62H115NO10. The van der Waals surface area contributed by atoms with Gasteiger partial charge in [-0.15, -0.1) is 0 Å². The fraction of sp³-hybridized carbons (Fsp3) is 0.871. The van der Waals surface area contributed by atoms with Crippen LogP contribution in [0, 0.1) is 0 Å². The number of esters is 1. The SMILES string of the molecule is CCCCC/C=C\C/C=C\CCCCCCCCCCCCCCCC(=O)OC1C(OCC(NC(=O)C(O)CCCCCCCCCCCC)C(O)/C=C/CCCCCCCCCCC)OC(CO)C(O)C1O. The zero-order chi connectivity index (χ0) is 53.3. The van der Waals surface area contributed by atoms with Crippen LogP contribution in [-0.2, 0) is 23.8 Å². The Hall–Kier alpha value is -2.12. The highest BCUT2D eigenvalue weighted by molar-refractivity contribution is 5.80. The van der Waals surface area contributed by atoms with Crippen LogP contribution >= 0.6 is 0 Å². The van der Waals surface area contributed by atoms with E-state index in [9.17, 15) is 35.1 Å². The predicted octanol–water partition coefficient (Wildman–Crippen LogP) is 14.3. The average Bonchev–Trinajstić information content (AvgIpc) is 3.39. The fourth-order valence-electron chi connectivity index (χ4n) is 9.62. The maximum Gasteiger partial charge on any atom is 0.306 e.